The van der Waals surface area contributed by atoms with Gasteiger partial charge in [0, 0.05) is 18.4 Å². The fourth-order valence-electron chi connectivity index (χ4n) is 2.00. The van der Waals surface area contributed by atoms with Crippen LogP contribution in [0.4, 0.5) is 11.4 Å². The van der Waals surface area contributed by atoms with Crippen LogP contribution in [0, 0.1) is 0 Å². The van der Waals surface area contributed by atoms with Crippen molar-refractivity contribution in [1.82, 2.24) is 4.98 Å². The standard InChI is InChI=1S/C16H19N3O2/c1-3-21-16(20)13-4-5-15(14(17)10-13)19-11(2)12-6-8-18-9-7-12/h4-11,19H,3,17H2,1-2H3. The van der Waals surface area contributed by atoms with Crippen LogP contribution < -0.4 is 11.1 Å². The molecule has 110 valence electrons. The number of hydrogen-bond donors (Lipinski definition) is 2. The van der Waals surface area contributed by atoms with Gasteiger partial charge >= 0.3 is 5.97 Å². The van der Waals surface area contributed by atoms with Crippen LogP contribution in [-0.4, -0.2) is 17.6 Å². The molecule has 5 heteroatoms. The Labute approximate surface area is 124 Å². The van der Waals surface area contributed by atoms with Gasteiger partial charge in [-0.05, 0) is 49.7 Å². The second kappa shape index (κ2) is 6.74. The molecule has 0 fully saturated rings. The van der Waals surface area contributed by atoms with Crippen molar-refractivity contribution in [2.75, 3.05) is 17.7 Å². The molecule has 0 amide bonds. The average molecular weight is 285 g/mol. The average Bonchev–Trinajstić information content (AvgIpc) is 2.50. The van der Waals surface area contributed by atoms with Crippen molar-refractivity contribution in [3.63, 3.8) is 0 Å². The first-order valence-corrected chi connectivity index (χ1v) is 6.85. The number of ether oxygens (including phenoxy) is 1. The molecule has 2 aromatic rings. The van der Waals surface area contributed by atoms with Crippen molar-refractivity contribution in [2.24, 2.45) is 0 Å². The number of anilines is 2. The van der Waals surface area contributed by atoms with Crippen molar-refractivity contribution in [3.8, 4) is 0 Å². The van der Waals surface area contributed by atoms with Crippen LogP contribution in [0.5, 0.6) is 0 Å². The van der Waals surface area contributed by atoms with E-state index in [9.17, 15) is 4.79 Å². The van der Waals surface area contributed by atoms with Gasteiger partial charge in [-0.15, -0.1) is 0 Å². The molecule has 1 heterocycles. The molecule has 0 aliphatic heterocycles. The van der Waals surface area contributed by atoms with E-state index in [-0.39, 0.29) is 12.0 Å². The molecule has 1 atom stereocenters. The number of hydrogen-bond acceptors (Lipinski definition) is 5. The number of carbonyl (C=O) groups is 1. The number of aromatic nitrogens is 1. The summed E-state index contributed by atoms with van der Waals surface area (Å²) in [5, 5.41) is 3.32. The minimum atomic E-state index is -0.363. The maximum Gasteiger partial charge on any atom is 0.338 e. The lowest BCUT2D eigenvalue weighted by Crippen LogP contribution is -2.10. The van der Waals surface area contributed by atoms with Gasteiger partial charge in [-0.2, -0.15) is 0 Å². The van der Waals surface area contributed by atoms with Crippen LogP contribution in [0.2, 0.25) is 0 Å². The van der Waals surface area contributed by atoms with E-state index in [1.54, 1.807) is 37.5 Å². The molecule has 0 aliphatic carbocycles. The van der Waals surface area contributed by atoms with Crippen LogP contribution in [0.15, 0.2) is 42.7 Å². The van der Waals surface area contributed by atoms with Crippen LogP contribution in [-0.2, 0) is 4.74 Å². The van der Waals surface area contributed by atoms with E-state index in [2.05, 4.69) is 10.3 Å². The summed E-state index contributed by atoms with van der Waals surface area (Å²) in [5.41, 5.74) is 8.86. The molecular weight excluding hydrogens is 266 g/mol. The zero-order valence-corrected chi connectivity index (χ0v) is 12.2. The lowest BCUT2D eigenvalue weighted by atomic mass is 10.1. The normalized spacial score (nSPS) is 11.7. The van der Waals surface area contributed by atoms with Gasteiger partial charge in [-0.25, -0.2) is 4.79 Å². The Balaban J connectivity index is 2.13. The van der Waals surface area contributed by atoms with Gasteiger partial charge in [0.25, 0.3) is 0 Å². The van der Waals surface area contributed by atoms with E-state index < -0.39 is 0 Å². The van der Waals surface area contributed by atoms with E-state index in [4.69, 9.17) is 10.5 Å². The predicted octanol–water partition coefficient (Wildman–Crippen LogP) is 3.01. The molecule has 21 heavy (non-hydrogen) atoms. The number of nitrogens with two attached hydrogens (primary N) is 1. The summed E-state index contributed by atoms with van der Waals surface area (Å²) in [6.07, 6.45) is 3.50. The highest BCUT2D eigenvalue weighted by atomic mass is 16.5. The molecule has 1 aromatic heterocycles. The predicted molar refractivity (Wildman–Crippen MR) is 83.1 cm³/mol. The lowest BCUT2D eigenvalue weighted by molar-refractivity contribution is 0.0526. The molecule has 0 radical (unpaired) electrons. The fourth-order valence-corrected chi connectivity index (χ4v) is 2.00. The number of carbonyl (C=O) groups excluding carboxylic acids is 1. The summed E-state index contributed by atoms with van der Waals surface area (Å²) in [7, 11) is 0. The van der Waals surface area contributed by atoms with E-state index in [0.717, 1.165) is 11.3 Å². The number of nitrogen functional groups attached to an aromatic ring is 1. The third-order valence-electron chi connectivity index (χ3n) is 3.14. The van der Waals surface area contributed by atoms with Gasteiger partial charge in [-0.3, -0.25) is 4.98 Å². The van der Waals surface area contributed by atoms with Crippen LogP contribution in [0.3, 0.4) is 0 Å². The number of pyridine rings is 1. The number of rotatable bonds is 5. The van der Waals surface area contributed by atoms with E-state index >= 15 is 0 Å². The smallest absolute Gasteiger partial charge is 0.338 e. The fraction of sp³-hybridized carbons (Fsp3) is 0.250. The topological polar surface area (TPSA) is 77.2 Å². The first kappa shape index (κ1) is 14.8. The zero-order valence-electron chi connectivity index (χ0n) is 12.2. The van der Waals surface area contributed by atoms with Gasteiger partial charge in [0.15, 0.2) is 0 Å². The van der Waals surface area contributed by atoms with Gasteiger partial charge < -0.3 is 15.8 Å². The van der Waals surface area contributed by atoms with Crippen molar-refractivity contribution in [3.05, 3.63) is 53.9 Å². The van der Waals surface area contributed by atoms with Crippen molar-refractivity contribution >= 4 is 17.3 Å². The Kier molecular flexibility index (Phi) is 4.77. The van der Waals surface area contributed by atoms with Gasteiger partial charge in [0.05, 0.1) is 23.5 Å². The summed E-state index contributed by atoms with van der Waals surface area (Å²) in [6.45, 7) is 4.15. The Bertz CT molecular complexity index is 614. The molecule has 0 saturated carbocycles. The van der Waals surface area contributed by atoms with Gasteiger partial charge in [-0.1, -0.05) is 0 Å². The summed E-state index contributed by atoms with van der Waals surface area (Å²) in [4.78, 5) is 15.6. The first-order valence-electron chi connectivity index (χ1n) is 6.85. The monoisotopic (exact) mass is 285 g/mol. The first-order chi connectivity index (χ1) is 10.1. The Morgan fingerprint density at radius 2 is 2.05 bits per heavy atom. The number of nitrogens with zero attached hydrogens (tertiary/aromatic N) is 1. The second-order valence-corrected chi connectivity index (χ2v) is 4.67. The molecule has 0 saturated heterocycles. The molecule has 0 aliphatic rings. The molecule has 3 N–H and O–H groups in total. The maximum atomic E-state index is 11.6. The highest BCUT2D eigenvalue weighted by molar-refractivity contribution is 5.92. The van der Waals surface area contributed by atoms with E-state index in [0.29, 0.717) is 17.9 Å². The van der Waals surface area contributed by atoms with Crippen LogP contribution in [0.25, 0.3) is 0 Å². The van der Waals surface area contributed by atoms with Crippen molar-refractivity contribution in [2.45, 2.75) is 19.9 Å². The quantitative estimate of drug-likeness (QED) is 0.652. The minimum absolute atomic E-state index is 0.0868. The maximum absolute atomic E-state index is 11.6. The third-order valence-corrected chi connectivity index (χ3v) is 3.14. The molecule has 1 aromatic carbocycles. The highest BCUT2D eigenvalue weighted by Crippen LogP contribution is 2.25. The molecule has 0 spiro atoms. The molecule has 2 rings (SSSR count). The minimum Gasteiger partial charge on any atom is -0.462 e. The molecular formula is C16H19N3O2. The molecule has 0 bridgehead atoms. The third kappa shape index (κ3) is 3.72. The van der Waals surface area contributed by atoms with Crippen molar-refractivity contribution < 1.29 is 9.53 Å². The number of nitrogens with one attached hydrogen (secondary N) is 1. The molecule has 1 unspecified atom stereocenters. The van der Waals surface area contributed by atoms with Gasteiger partial charge in [0.1, 0.15) is 0 Å². The van der Waals surface area contributed by atoms with Crippen LogP contribution >= 0.6 is 0 Å². The Morgan fingerprint density at radius 3 is 2.67 bits per heavy atom. The highest BCUT2D eigenvalue weighted by Gasteiger charge is 2.11. The lowest BCUT2D eigenvalue weighted by Gasteiger charge is -2.17. The summed E-state index contributed by atoms with van der Waals surface area (Å²) >= 11 is 0. The SMILES string of the molecule is CCOC(=O)c1ccc(NC(C)c2ccncc2)c(N)c1. The van der Waals surface area contributed by atoms with E-state index in [1.165, 1.54) is 0 Å². The zero-order chi connectivity index (χ0) is 15.2. The second-order valence-electron chi connectivity index (χ2n) is 4.67. The van der Waals surface area contributed by atoms with Crippen molar-refractivity contribution in [1.29, 1.82) is 0 Å². The summed E-state index contributed by atoms with van der Waals surface area (Å²) < 4.78 is 4.95. The summed E-state index contributed by atoms with van der Waals surface area (Å²) in [6, 6.07) is 9.10. The van der Waals surface area contributed by atoms with E-state index in [1.807, 2.05) is 19.1 Å². The van der Waals surface area contributed by atoms with Gasteiger partial charge in [0.2, 0.25) is 0 Å². The number of benzene rings is 1. The number of esters is 1. The summed E-state index contributed by atoms with van der Waals surface area (Å²) in [5.74, 6) is -0.363. The van der Waals surface area contributed by atoms with Crippen LogP contribution in [0.1, 0.15) is 35.8 Å². The Morgan fingerprint density at radius 1 is 1.33 bits per heavy atom. The Hall–Kier alpha value is -2.56. The molecule has 5 nitrogen and oxygen atoms in total. The largest absolute Gasteiger partial charge is 0.462 e.